The van der Waals surface area contributed by atoms with E-state index >= 15 is 0 Å². The first kappa shape index (κ1) is 13.2. The molecule has 4 heteroatoms. The molecule has 0 radical (unpaired) electrons. The number of nitrogen functional groups attached to an aromatic ring is 1. The fourth-order valence-electron chi connectivity index (χ4n) is 2.99. The first-order valence-electron chi connectivity index (χ1n) is 7.19. The van der Waals surface area contributed by atoms with Crippen LogP contribution in [0, 0.1) is 6.92 Å². The molecule has 2 aromatic rings. The van der Waals surface area contributed by atoms with Crippen molar-refractivity contribution in [2.24, 2.45) is 0 Å². The van der Waals surface area contributed by atoms with Crippen molar-refractivity contribution >= 4 is 22.3 Å². The molecule has 1 saturated carbocycles. The van der Waals surface area contributed by atoms with Crippen molar-refractivity contribution in [3.05, 3.63) is 30.0 Å². The van der Waals surface area contributed by atoms with Crippen LogP contribution in [0.25, 0.3) is 10.9 Å². The van der Waals surface area contributed by atoms with Gasteiger partial charge in [0, 0.05) is 29.0 Å². The standard InChI is InChI=1S/C16H21N3O/c1-11-8-15(18-10-16(20)6-2-3-7-16)13-9-12(17)4-5-14(13)19-11/h4-5,8-9,20H,2-3,6-7,10,17H2,1H3,(H,18,19). The van der Waals surface area contributed by atoms with E-state index in [9.17, 15) is 5.11 Å². The molecule has 1 aromatic heterocycles. The highest BCUT2D eigenvalue weighted by atomic mass is 16.3. The SMILES string of the molecule is Cc1cc(NCC2(O)CCCC2)c2cc(N)ccc2n1. The highest BCUT2D eigenvalue weighted by Gasteiger charge is 2.30. The summed E-state index contributed by atoms with van der Waals surface area (Å²) in [5, 5.41) is 14.8. The van der Waals surface area contributed by atoms with Gasteiger partial charge in [-0.3, -0.25) is 4.98 Å². The predicted octanol–water partition coefficient (Wildman–Crippen LogP) is 2.84. The van der Waals surface area contributed by atoms with Gasteiger partial charge in [0.05, 0.1) is 11.1 Å². The average Bonchev–Trinajstić information content (AvgIpc) is 2.84. The Balaban J connectivity index is 1.91. The van der Waals surface area contributed by atoms with Crippen molar-refractivity contribution in [3.8, 4) is 0 Å². The minimum atomic E-state index is -0.566. The lowest BCUT2D eigenvalue weighted by atomic mass is 10.0. The lowest BCUT2D eigenvalue weighted by Gasteiger charge is -2.23. The van der Waals surface area contributed by atoms with Crippen molar-refractivity contribution in [3.63, 3.8) is 0 Å². The molecule has 0 atom stereocenters. The maximum Gasteiger partial charge on any atom is 0.0819 e. The second kappa shape index (κ2) is 4.94. The maximum absolute atomic E-state index is 10.4. The van der Waals surface area contributed by atoms with Gasteiger partial charge in [0.15, 0.2) is 0 Å². The van der Waals surface area contributed by atoms with Gasteiger partial charge in [-0.2, -0.15) is 0 Å². The van der Waals surface area contributed by atoms with E-state index in [1.54, 1.807) is 0 Å². The van der Waals surface area contributed by atoms with Crippen molar-refractivity contribution in [2.45, 2.75) is 38.2 Å². The molecule has 0 spiro atoms. The number of hydrogen-bond acceptors (Lipinski definition) is 4. The average molecular weight is 271 g/mol. The van der Waals surface area contributed by atoms with Gasteiger partial charge in [0.1, 0.15) is 0 Å². The Morgan fingerprint density at radius 1 is 1.30 bits per heavy atom. The predicted molar refractivity (Wildman–Crippen MR) is 82.8 cm³/mol. The molecule has 1 heterocycles. The van der Waals surface area contributed by atoms with Gasteiger partial charge in [-0.15, -0.1) is 0 Å². The third-order valence-corrected chi connectivity index (χ3v) is 4.10. The Kier molecular flexibility index (Phi) is 3.26. The molecule has 3 rings (SSSR count). The van der Waals surface area contributed by atoms with Crippen LogP contribution in [-0.4, -0.2) is 22.2 Å². The Bertz CT molecular complexity index is 633. The smallest absolute Gasteiger partial charge is 0.0819 e. The van der Waals surface area contributed by atoms with Crippen LogP contribution in [0.3, 0.4) is 0 Å². The van der Waals surface area contributed by atoms with E-state index in [2.05, 4.69) is 10.3 Å². The Morgan fingerprint density at radius 2 is 2.05 bits per heavy atom. The number of aryl methyl sites for hydroxylation is 1. The summed E-state index contributed by atoms with van der Waals surface area (Å²) in [6.07, 6.45) is 3.98. The van der Waals surface area contributed by atoms with E-state index in [4.69, 9.17) is 5.73 Å². The van der Waals surface area contributed by atoms with Crippen LogP contribution in [0.5, 0.6) is 0 Å². The van der Waals surface area contributed by atoms with Crippen LogP contribution in [0.1, 0.15) is 31.4 Å². The van der Waals surface area contributed by atoms with Crippen LogP contribution < -0.4 is 11.1 Å². The summed E-state index contributed by atoms with van der Waals surface area (Å²) in [7, 11) is 0. The number of pyridine rings is 1. The molecule has 0 amide bonds. The Morgan fingerprint density at radius 3 is 2.80 bits per heavy atom. The maximum atomic E-state index is 10.4. The number of nitrogens with two attached hydrogens (primary N) is 1. The molecule has 1 fully saturated rings. The second-order valence-electron chi connectivity index (χ2n) is 5.87. The van der Waals surface area contributed by atoms with Crippen molar-refractivity contribution < 1.29 is 5.11 Å². The second-order valence-corrected chi connectivity index (χ2v) is 5.87. The number of hydrogen-bond donors (Lipinski definition) is 3. The van der Waals surface area contributed by atoms with Crippen LogP contribution in [0.2, 0.25) is 0 Å². The molecule has 4 N–H and O–H groups in total. The number of rotatable bonds is 3. The Labute approximate surface area is 119 Å². The molecule has 4 nitrogen and oxygen atoms in total. The van der Waals surface area contributed by atoms with Crippen LogP contribution in [0.15, 0.2) is 24.3 Å². The van der Waals surface area contributed by atoms with E-state index in [1.807, 2.05) is 31.2 Å². The van der Waals surface area contributed by atoms with E-state index in [0.29, 0.717) is 6.54 Å². The summed E-state index contributed by atoms with van der Waals surface area (Å²) in [5.74, 6) is 0. The van der Waals surface area contributed by atoms with Gasteiger partial charge in [0.2, 0.25) is 0 Å². The first-order chi connectivity index (χ1) is 9.56. The van der Waals surface area contributed by atoms with Crippen LogP contribution >= 0.6 is 0 Å². The zero-order chi connectivity index (χ0) is 14.2. The molecule has 1 aromatic carbocycles. The van der Waals surface area contributed by atoms with Crippen LogP contribution in [0.4, 0.5) is 11.4 Å². The highest BCUT2D eigenvalue weighted by Crippen LogP contribution is 2.31. The number of nitrogens with zero attached hydrogens (tertiary/aromatic N) is 1. The normalized spacial score (nSPS) is 17.5. The first-order valence-corrected chi connectivity index (χ1v) is 7.19. The topological polar surface area (TPSA) is 71.2 Å². The van der Waals surface area contributed by atoms with Gasteiger partial charge < -0.3 is 16.2 Å². The molecule has 1 aliphatic rings. The number of aliphatic hydroxyl groups is 1. The summed E-state index contributed by atoms with van der Waals surface area (Å²) in [6, 6.07) is 7.75. The summed E-state index contributed by atoms with van der Waals surface area (Å²) in [6.45, 7) is 2.56. The highest BCUT2D eigenvalue weighted by molar-refractivity contribution is 5.93. The van der Waals surface area contributed by atoms with E-state index in [-0.39, 0.29) is 0 Å². The number of fused-ring (bicyclic) bond motifs is 1. The minimum absolute atomic E-state index is 0.566. The number of anilines is 2. The number of aromatic nitrogens is 1. The quantitative estimate of drug-likeness (QED) is 0.751. The summed E-state index contributed by atoms with van der Waals surface area (Å²) >= 11 is 0. The monoisotopic (exact) mass is 271 g/mol. The molecular formula is C16H21N3O. The van der Waals surface area contributed by atoms with Gasteiger partial charge in [-0.25, -0.2) is 0 Å². The lowest BCUT2D eigenvalue weighted by Crippen LogP contribution is -2.33. The minimum Gasteiger partial charge on any atom is -0.399 e. The summed E-state index contributed by atoms with van der Waals surface area (Å²) in [4.78, 5) is 4.52. The van der Waals surface area contributed by atoms with Crippen molar-refractivity contribution in [2.75, 3.05) is 17.6 Å². The fourth-order valence-corrected chi connectivity index (χ4v) is 2.99. The molecule has 0 bridgehead atoms. The molecule has 1 aliphatic carbocycles. The molecular weight excluding hydrogens is 250 g/mol. The molecule has 106 valence electrons. The van der Waals surface area contributed by atoms with Crippen molar-refractivity contribution in [1.82, 2.24) is 4.98 Å². The molecule has 0 unspecified atom stereocenters. The molecule has 20 heavy (non-hydrogen) atoms. The summed E-state index contributed by atoms with van der Waals surface area (Å²) < 4.78 is 0. The van der Waals surface area contributed by atoms with Crippen molar-refractivity contribution in [1.29, 1.82) is 0 Å². The van der Waals surface area contributed by atoms with Gasteiger partial charge >= 0.3 is 0 Å². The zero-order valence-electron chi connectivity index (χ0n) is 11.8. The van der Waals surface area contributed by atoms with E-state index < -0.39 is 5.60 Å². The third-order valence-electron chi connectivity index (χ3n) is 4.10. The third kappa shape index (κ3) is 2.56. The number of nitrogens with one attached hydrogen (secondary N) is 1. The van der Waals surface area contributed by atoms with E-state index in [1.165, 1.54) is 0 Å². The van der Waals surface area contributed by atoms with Gasteiger partial charge in [-0.05, 0) is 44.0 Å². The van der Waals surface area contributed by atoms with E-state index in [0.717, 1.165) is 53.7 Å². The van der Waals surface area contributed by atoms with Crippen LogP contribution in [-0.2, 0) is 0 Å². The van der Waals surface area contributed by atoms with Gasteiger partial charge in [0.25, 0.3) is 0 Å². The molecule has 0 saturated heterocycles. The summed E-state index contributed by atoms with van der Waals surface area (Å²) in [5.41, 5.74) is 8.92. The lowest BCUT2D eigenvalue weighted by molar-refractivity contribution is 0.0615. The Hall–Kier alpha value is -1.81. The zero-order valence-corrected chi connectivity index (χ0v) is 11.8. The largest absolute Gasteiger partial charge is 0.399 e. The van der Waals surface area contributed by atoms with Gasteiger partial charge in [-0.1, -0.05) is 12.8 Å². The fraction of sp³-hybridized carbons (Fsp3) is 0.438. The number of benzene rings is 1. The molecule has 0 aliphatic heterocycles.